The number of nitrogens with zero attached hydrogens (tertiary/aromatic N) is 3. The summed E-state index contributed by atoms with van der Waals surface area (Å²) in [6.07, 6.45) is 4.75. The molecule has 1 unspecified atom stereocenters. The Bertz CT molecular complexity index is 1110. The van der Waals surface area contributed by atoms with Gasteiger partial charge in [-0.2, -0.15) is 0 Å². The van der Waals surface area contributed by atoms with Crippen molar-refractivity contribution >= 4 is 10.9 Å². The maximum Gasteiger partial charge on any atom is 0.112 e. The zero-order chi connectivity index (χ0) is 20.2. The second kappa shape index (κ2) is 8.74. The lowest BCUT2D eigenvalue weighted by Crippen LogP contribution is -2.38. The quantitative estimate of drug-likeness (QED) is 0.487. The van der Waals surface area contributed by atoms with Crippen molar-refractivity contribution < 1.29 is 4.74 Å². The Labute approximate surface area is 177 Å². The molecule has 0 saturated carbocycles. The van der Waals surface area contributed by atoms with E-state index in [4.69, 9.17) is 9.72 Å². The molecule has 0 N–H and O–H groups in total. The van der Waals surface area contributed by atoms with Crippen LogP contribution in [0.4, 0.5) is 0 Å². The zero-order valence-corrected chi connectivity index (χ0v) is 16.9. The van der Waals surface area contributed by atoms with E-state index in [1.165, 1.54) is 22.1 Å². The lowest BCUT2D eigenvalue weighted by molar-refractivity contribution is -0.0348. The van der Waals surface area contributed by atoms with Crippen LogP contribution in [0.1, 0.15) is 28.5 Å². The van der Waals surface area contributed by atoms with E-state index in [9.17, 15) is 0 Å². The molecule has 0 amide bonds. The standard InChI is InChI=1S/C26H25N3O/c1-2-6-20(7-3-1)16-21-11-12-25(28-17-21)26-19-29(14-15-30-26)18-22-8-4-10-24-23(22)9-5-13-27-24/h1-13,17,26H,14-16,18-19H2. The maximum atomic E-state index is 6.06. The molecule has 4 nitrogen and oxygen atoms in total. The minimum atomic E-state index is 0.0117. The van der Waals surface area contributed by atoms with Gasteiger partial charge in [-0.05, 0) is 41.3 Å². The zero-order valence-electron chi connectivity index (χ0n) is 16.9. The SMILES string of the molecule is c1ccc(Cc2ccc(C3CN(Cc4cccc5ncccc45)CCO3)nc2)cc1. The van der Waals surface area contributed by atoms with Crippen molar-refractivity contribution in [3.8, 4) is 0 Å². The average Bonchev–Trinajstić information content (AvgIpc) is 2.81. The Morgan fingerprint density at radius 1 is 0.867 bits per heavy atom. The summed E-state index contributed by atoms with van der Waals surface area (Å²) in [5.74, 6) is 0. The lowest BCUT2D eigenvalue weighted by Gasteiger charge is -2.33. The smallest absolute Gasteiger partial charge is 0.112 e. The topological polar surface area (TPSA) is 38.2 Å². The fourth-order valence-corrected chi connectivity index (χ4v) is 4.13. The molecule has 1 fully saturated rings. The molecular formula is C26H25N3O. The molecule has 0 aliphatic carbocycles. The van der Waals surface area contributed by atoms with Crippen LogP contribution in [0.15, 0.2) is 85.2 Å². The molecule has 4 heteroatoms. The number of pyridine rings is 2. The van der Waals surface area contributed by atoms with Crippen LogP contribution in [0.2, 0.25) is 0 Å². The van der Waals surface area contributed by atoms with E-state index in [1.54, 1.807) is 0 Å². The van der Waals surface area contributed by atoms with Crippen LogP contribution in [0.25, 0.3) is 10.9 Å². The van der Waals surface area contributed by atoms with Crippen molar-refractivity contribution in [2.75, 3.05) is 19.7 Å². The van der Waals surface area contributed by atoms with Gasteiger partial charge in [0.15, 0.2) is 0 Å². The fraction of sp³-hybridized carbons (Fsp3) is 0.231. The minimum Gasteiger partial charge on any atom is -0.369 e. The van der Waals surface area contributed by atoms with Crippen LogP contribution in [-0.4, -0.2) is 34.6 Å². The third-order valence-corrected chi connectivity index (χ3v) is 5.71. The van der Waals surface area contributed by atoms with Crippen molar-refractivity contribution in [3.05, 3.63) is 108 Å². The van der Waals surface area contributed by atoms with Gasteiger partial charge in [0.2, 0.25) is 0 Å². The molecule has 30 heavy (non-hydrogen) atoms. The lowest BCUT2D eigenvalue weighted by atomic mass is 10.1. The van der Waals surface area contributed by atoms with Crippen molar-refractivity contribution in [1.29, 1.82) is 0 Å². The highest BCUT2D eigenvalue weighted by molar-refractivity contribution is 5.81. The fourth-order valence-electron chi connectivity index (χ4n) is 4.13. The van der Waals surface area contributed by atoms with Crippen LogP contribution in [0.3, 0.4) is 0 Å². The van der Waals surface area contributed by atoms with E-state index < -0.39 is 0 Å². The van der Waals surface area contributed by atoms with Crippen LogP contribution < -0.4 is 0 Å². The summed E-state index contributed by atoms with van der Waals surface area (Å²) in [4.78, 5) is 11.7. The first kappa shape index (κ1) is 18.9. The molecule has 2 aromatic carbocycles. The van der Waals surface area contributed by atoms with Crippen molar-refractivity contribution in [1.82, 2.24) is 14.9 Å². The Balaban J connectivity index is 1.27. The largest absolute Gasteiger partial charge is 0.369 e. The van der Waals surface area contributed by atoms with Crippen LogP contribution >= 0.6 is 0 Å². The molecule has 0 bridgehead atoms. The molecule has 150 valence electrons. The summed E-state index contributed by atoms with van der Waals surface area (Å²) < 4.78 is 6.06. The van der Waals surface area contributed by atoms with E-state index in [0.717, 1.165) is 43.9 Å². The molecule has 2 aromatic heterocycles. The van der Waals surface area contributed by atoms with Gasteiger partial charge >= 0.3 is 0 Å². The first-order valence-corrected chi connectivity index (χ1v) is 10.5. The normalized spacial score (nSPS) is 17.3. The maximum absolute atomic E-state index is 6.06. The third-order valence-electron chi connectivity index (χ3n) is 5.71. The van der Waals surface area contributed by atoms with Gasteiger partial charge in [0, 0.05) is 37.4 Å². The monoisotopic (exact) mass is 395 g/mol. The van der Waals surface area contributed by atoms with Gasteiger partial charge in [-0.25, -0.2) is 0 Å². The number of hydrogen-bond donors (Lipinski definition) is 0. The van der Waals surface area contributed by atoms with Gasteiger partial charge in [0.25, 0.3) is 0 Å². The first-order valence-electron chi connectivity index (χ1n) is 10.5. The van der Waals surface area contributed by atoms with Gasteiger partial charge in [-0.1, -0.05) is 54.6 Å². The molecular weight excluding hydrogens is 370 g/mol. The molecule has 1 aliphatic rings. The van der Waals surface area contributed by atoms with Gasteiger partial charge in [-0.15, -0.1) is 0 Å². The highest BCUT2D eigenvalue weighted by Gasteiger charge is 2.23. The molecule has 4 aromatic rings. The Morgan fingerprint density at radius 3 is 2.67 bits per heavy atom. The van der Waals surface area contributed by atoms with Crippen molar-refractivity contribution in [2.24, 2.45) is 0 Å². The summed E-state index contributed by atoms with van der Waals surface area (Å²) >= 11 is 0. The second-order valence-electron chi connectivity index (χ2n) is 7.84. The van der Waals surface area contributed by atoms with Gasteiger partial charge in [0.1, 0.15) is 6.10 Å². The molecule has 0 spiro atoms. The summed E-state index contributed by atoms with van der Waals surface area (Å²) in [7, 11) is 0. The number of morpholine rings is 1. The van der Waals surface area contributed by atoms with Crippen LogP contribution in [0.5, 0.6) is 0 Å². The number of hydrogen-bond acceptors (Lipinski definition) is 4. The first-order chi connectivity index (χ1) is 14.8. The number of fused-ring (bicyclic) bond motifs is 1. The van der Waals surface area contributed by atoms with E-state index in [-0.39, 0.29) is 6.10 Å². The Morgan fingerprint density at radius 2 is 1.80 bits per heavy atom. The predicted molar refractivity (Wildman–Crippen MR) is 119 cm³/mol. The van der Waals surface area contributed by atoms with E-state index in [2.05, 4.69) is 70.5 Å². The van der Waals surface area contributed by atoms with Gasteiger partial charge in [-0.3, -0.25) is 14.9 Å². The van der Waals surface area contributed by atoms with E-state index in [0.29, 0.717) is 0 Å². The van der Waals surface area contributed by atoms with Gasteiger partial charge in [0.05, 0.1) is 17.8 Å². The molecule has 0 radical (unpaired) electrons. The minimum absolute atomic E-state index is 0.0117. The number of rotatable bonds is 5. The van der Waals surface area contributed by atoms with E-state index >= 15 is 0 Å². The van der Waals surface area contributed by atoms with Crippen LogP contribution in [-0.2, 0) is 17.7 Å². The summed E-state index contributed by atoms with van der Waals surface area (Å²) in [6.45, 7) is 3.40. The number of aromatic nitrogens is 2. The third kappa shape index (κ3) is 4.25. The molecule has 3 heterocycles. The molecule has 1 aliphatic heterocycles. The molecule has 1 atom stereocenters. The Kier molecular flexibility index (Phi) is 5.51. The molecule has 1 saturated heterocycles. The summed E-state index contributed by atoms with van der Waals surface area (Å²) in [5.41, 5.74) is 5.90. The van der Waals surface area contributed by atoms with E-state index in [1.807, 2.05) is 24.5 Å². The van der Waals surface area contributed by atoms with Gasteiger partial charge < -0.3 is 4.74 Å². The molecule has 5 rings (SSSR count). The van der Waals surface area contributed by atoms with Crippen molar-refractivity contribution in [3.63, 3.8) is 0 Å². The second-order valence-corrected chi connectivity index (χ2v) is 7.84. The van der Waals surface area contributed by atoms with Crippen LogP contribution in [0, 0.1) is 0 Å². The number of ether oxygens (including phenoxy) is 1. The predicted octanol–water partition coefficient (Wildman–Crippen LogP) is 4.79. The van der Waals surface area contributed by atoms with Crippen molar-refractivity contribution in [2.45, 2.75) is 19.1 Å². The average molecular weight is 396 g/mol. The summed E-state index contributed by atoms with van der Waals surface area (Å²) in [5, 5.41) is 1.23. The number of benzene rings is 2. The summed E-state index contributed by atoms with van der Waals surface area (Å²) in [6, 6.07) is 25.3. The highest BCUT2D eigenvalue weighted by atomic mass is 16.5. The Hall–Kier alpha value is -3.08. The highest BCUT2D eigenvalue weighted by Crippen LogP contribution is 2.24.